The highest BCUT2D eigenvalue weighted by Crippen LogP contribution is 2.33. The topological polar surface area (TPSA) is 46.6 Å². The number of carbonyl (C=O) groups is 2. The molecule has 0 bridgehead atoms. The molecule has 4 heteroatoms. The molecule has 1 amide bonds. The lowest BCUT2D eigenvalue weighted by molar-refractivity contribution is -0.118. The fourth-order valence-electron chi connectivity index (χ4n) is 2.25. The Morgan fingerprint density at radius 3 is 2.47 bits per heavy atom. The fraction of sp³-hybridized carbons (Fsp3) is 0.467. The molecule has 0 saturated carbocycles. The van der Waals surface area contributed by atoms with Crippen LogP contribution >= 0.6 is 0 Å². The van der Waals surface area contributed by atoms with Crippen LogP contribution in [0.4, 0.5) is 10.5 Å². The van der Waals surface area contributed by atoms with Crippen molar-refractivity contribution in [3.05, 3.63) is 29.8 Å². The highest BCUT2D eigenvalue weighted by atomic mass is 16.6. The summed E-state index contributed by atoms with van der Waals surface area (Å²) in [4.78, 5) is 25.5. The summed E-state index contributed by atoms with van der Waals surface area (Å²) < 4.78 is 5.39. The molecule has 0 aliphatic carbocycles. The van der Waals surface area contributed by atoms with Crippen molar-refractivity contribution in [1.82, 2.24) is 0 Å². The molecule has 1 unspecified atom stereocenters. The van der Waals surface area contributed by atoms with Crippen molar-refractivity contribution in [3.63, 3.8) is 0 Å². The number of ketones is 1. The van der Waals surface area contributed by atoms with Gasteiger partial charge in [0.2, 0.25) is 0 Å². The number of benzene rings is 1. The number of Topliss-reactive ketones (excluding diaryl/α,β-unsaturated/α-hetero) is 1. The SMILES string of the molecule is CC(=O)C1Cc2ccccc2N1C(=O)OC(C)(C)C. The van der Waals surface area contributed by atoms with E-state index in [0.717, 1.165) is 11.3 Å². The maximum Gasteiger partial charge on any atom is 0.415 e. The fourth-order valence-corrected chi connectivity index (χ4v) is 2.25. The number of nitrogens with zero attached hydrogens (tertiary/aromatic N) is 1. The van der Waals surface area contributed by atoms with Crippen molar-refractivity contribution in [3.8, 4) is 0 Å². The lowest BCUT2D eigenvalue weighted by Crippen LogP contribution is -2.44. The first-order chi connectivity index (χ1) is 8.79. The van der Waals surface area contributed by atoms with Gasteiger partial charge in [-0.1, -0.05) is 18.2 Å². The average molecular weight is 261 g/mol. The summed E-state index contributed by atoms with van der Waals surface area (Å²) in [6, 6.07) is 7.11. The van der Waals surface area contributed by atoms with Crippen LogP contribution in [0.2, 0.25) is 0 Å². The molecule has 1 aliphatic rings. The number of ether oxygens (including phenoxy) is 1. The van der Waals surface area contributed by atoms with Gasteiger partial charge in [-0.25, -0.2) is 4.79 Å². The number of rotatable bonds is 1. The van der Waals surface area contributed by atoms with E-state index in [1.165, 1.54) is 11.8 Å². The molecular weight excluding hydrogens is 242 g/mol. The van der Waals surface area contributed by atoms with Gasteiger partial charge in [-0.05, 0) is 39.3 Å². The highest BCUT2D eigenvalue weighted by Gasteiger charge is 2.38. The van der Waals surface area contributed by atoms with Gasteiger partial charge >= 0.3 is 6.09 Å². The summed E-state index contributed by atoms with van der Waals surface area (Å²) in [5.41, 5.74) is 1.21. The number of fused-ring (bicyclic) bond motifs is 1. The second-order valence-electron chi connectivity index (χ2n) is 5.81. The van der Waals surface area contributed by atoms with Crippen molar-refractivity contribution in [2.75, 3.05) is 4.90 Å². The summed E-state index contributed by atoms with van der Waals surface area (Å²) in [6.07, 6.45) is 0.0998. The molecule has 0 fully saturated rings. The second-order valence-corrected chi connectivity index (χ2v) is 5.81. The Bertz CT molecular complexity index is 516. The molecule has 0 saturated heterocycles. The Balaban J connectivity index is 2.34. The number of anilines is 1. The minimum absolute atomic E-state index is 0.0259. The van der Waals surface area contributed by atoms with Crippen LogP contribution in [0.5, 0.6) is 0 Å². The van der Waals surface area contributed by atoms with Crippen LogP contribution in [0.25, 0.3) is 0 Å². The zero-order valence-corrected chi connectivity index (χ0v) is 11.8. The number of amides is 1. The zero-order valence-electron chi connectivity index (χ0n) is 11.8. The maximum atomic E-state index is 12.3. The summed E-state index contributed by atoms with van der Waals surface area (Å²) in [7, 11) is 0. The number of para-hydroxylation sites is 1. The molecule has 102 valence electrons. The Kier molecular flexibility index (Phi) is 3.35. The minimum atomic E-state index is -0.573. The number of hydrogen-bond donors (Lipinski definition) is 0. The highest BCUT2D eigenvalue weighted by molar-refractivity contribution is 6.00. The van der Waals surface area contributed by atoms with E-state index in [-0.39, 0.29) is 5.78 Å². The van der Waals surface area contributed by atoms with Gasteiger partial charge < -0.3 is 4.74 Å². The predicted molar refractivity (Wildman–Crippen MR) is 73.3 cm³/mol. The van der Waals surface area contributed by atoms with Crippen LogP contribution in [0.3, 0.4) is 0 Å². The smallest absolute Gasteiger partial charge is 0.415 e. The molecule has 1 aliphatic heterocycles. The molecule has 19 heavy (non-hydrogen) atoms. The van der Waals surface area contributed by atoms with Crippen LogP contribution in [-0.4, -0.2) is 23.5 Å². The molecule has 2 rings (SSSR count). The van der Waals surface area contributed by atoms with E-state index in [1.54, 1.807) is 0 Å². The van der Waals surface area contributed by atoms with Gasteiger partial charge in [0, 0.05) is 6.42 Å². The zero-order chi connectivity index (χ0) is 14.2. The van der Waals surface area contributed by atoms with E-state index < -0.39 is 17.7 Å². The van der Waals surface area contributed by atoms with E-state index in [9.17, 15) is 9.59 Å². The van der Waals surface area contributed by atoms with Crippen molar-refractivity contribution in [2.45, 2.75) is 45.8 Å². The van der Waals surface area contributed by atoms with Gasteiger partial charge in [-0.3, -0.25) is 9.69 Å². The lowest BCUT2D eigenvalue weighted by Gasteiger charge is -2.28. The van der Waals surface area contributed by atoms with E-state index in [2.05, 4.69) is 0 Å². The molecule has 0 aromatic heterocycles. The van der Waals surface area contributed by atoms with Crippen LogP contribution < -0.4 is 4.90 Å². The van der Waals surface area contributed by atoms with Crippen molar-refractivity contribution < 1.29 is 14.3 Å². The summed E-state index contributed by atoms with van der Waals surface area (Å²) in [6.45, 7) is 6.95. The molecule has 4 nitrogen and oxygen atoms in total. The lowest BCUT2D eigenvalue weighted by atomic mass is 10.1. The van der Waals surface area contributed by atoms with Gasteiger partial charge in [0.15, 0.2) is 5.78 Å². The third-order valence-corrected chi connectivity index (χ3v) is 3.04. The van der Waals surface area contributed by atoms with Gasteiger partial charge in [-0.15, -0.1) is 0 Å². The average Bonchev–Trinajstić information content (AvgIpc) is 2.65. The summed E-state index contributed by atoms with van der Waals surface area (Å²) in [5, 5.41) is 0. The molecule has 0 spiro atoms. The maximum absolute atomic E-state index is 12.3. The third-order valence-electron chi connectivity index (χ3n) is 3.04. The first kappa shape index (κ1) is 13.6. The number of hydrogen-bond acceptors (Lipinski definition) is 3. The molecule has 1 heterocycles. The second kappa shape index (κ2) is 4.68. The Morgan fingerprint density at radius 1 is 1.26 bits per heavy atom. The third kappa shape index (κ3) is 2.78. The standard InChI is InChI=1S/C15H19NO3/c1-10(17)13-9-11-7-5-6-8-12(11)16(13)14(18)19-15(2,3)4/h5-8,13H,9H2,1-4H3. The molecule has 1 aromatic rings. The van der Waals surface area contributed by atoms with E-state index in [0.29, 0.717) is 6.42 Å². The molecule has 0 N–H and O–H groups in total. The van der Waals surface area contributed by atoms with Crippen molar-refractivity contribution in [2.24, 2.45) is 0 Å². The Hall–Kier alpha value is -1.84. The largest absolute Gasteiger partial charge is 0.443 e. The molecule has 0 radical (unpaired) electrons. The van der Waals surface area contributed by atoms with Crippen LogP contribution in [-0.2, 0) is 16.0 Å². The Morgan fingerprint density at radius 2 is 1.89 bits per heavy atom. The van der Waals surface area contributed by atoms with Crippen LogP contribution in [0.15, 0.2) is 24.3 Å². The van der Waals surface area contributed by atoms with Crippen LogP contribution in [0, 0.1) is 0 Å². The molecule has 1 aromatic carbocycles. The van der Waals surface area contributed by atoms with Crippen molar-refractivity contribution in [1.29, 1.82) is 0 Å². The summed E-state index contributed by atoms with van der Waals surface area (Å²) >= 11 is 0. The van der Waals surface area contributed by atoms with Gasteiger partial charge in [-0.2, -0.15) is 0 Å². The first-order valence-corrected chi connectivity index (χ1v) is 6.40. The monoisotopic (exact) mass is 261 g/mol. The van der Waals surface area contributed by atoms with Gasteiger partial charge in [0.05, 0.1) is 5.69 Å². The summed E-state index contributed by atoms with van der Waals surface area (Å²) in [5.74, 6) is -0.0259. The predicted octanol–water partition coefficient (Wildman–Crippen LogP) is 2.94. The Labute approximate surface area is 113 Å². The van der Waals surface area contributed by atoms with Crippen molar-refractivity contribution >= 4 is 17.6 Å². The first-order valence-electron chi connectivity index (χ1n) is 6.40. The normalized spacial score (nSPS) is 18.1. The van der Waals surface area contributed by atoms with E-state index in [1.807, 2.05) is 45.0 Å². The quantitative estimate of drug-likeness (QED) is 0.780. The molecule has 1 atom stereocenters. The van der Waals surface area contributed by atoms with Gasteiger partial charge in [0.1, 0.15) is 11.6 Å². The van der Waals surface area contributed by atoms with E-state index >= 15 is 0 Å². The molecular formula is C15H19NO3. The minimum Gasteiger partial charge on any atom is -0.443 e. The van der Waals surface area contributed by atoms with E-state index in [4.69, 9.17) is 4.74 Å². The number of carbonyl (C=O) groups excluding carboxylic acids is 2. The van der Waals surface area contributed by atoms with Gasteiger partial charge in [0.25, 0.3) is 0 Å². The van der Waals surface area contributed by atoms with Crippen LogP contribution in [0.1, 0.15) is 33.3 Å².